The van der Waals surface area contributed by atoms with Gasteiger partial charge in [-0.15, -0.1) is 0 Å². The molecule has 1 aromatic rings. The summed E-state index contributed by atoms with van der Waals surface area (Å²) in [5.74, 6) is -1.21. The molecule has 0 radical (unpaired) electrons. The Morgan fingerprint density at radius 1 is 1.38 bits per heavy atom. The quantitative estimate of drug-likeness (QED) is 0.600. The van der Waals surface area contributed by atoms with Crippen LogP contribution in [-0.2, 0) is 11.2 Å². The molecule has 0 spiro atoms. The van der Waals surface area contributed by atoms with E-state index in [0.29, 0.717) is 6.42 Å². The Hall–Kier alpha value is 0.455. The van der Waals surface area contributed by atoms with Crippen molar-refractivity contribution in [3.63, 3.8) is 0 Å². The van der Waals surface area contributed by atoms with Crippen molar-refractivity contribution < 1.29 is 68.1 Å². The predicted octanol–water partition coefficient (Wildman–Crippen LogP) is -3.69. The van der Waals surface area contributed by atoms with Crippen LogP contribution in [0.4, 0.5) is 0 Å². The number of benzene rings is 1. The van der Waals surface area contributed by atoms with Gasteiger partial charge in [-0.1, -0.05) is 30.3 Å². The Morgan fingerprint density at radius 3 is 2.38 bits per heavy atom. The maximum atomic E-state index is 10.3. The third kappa shape index (κ3) is 5.03. The Labute approximate surface area is 126 Å². The minimum absolute atomic E-state index is 0. The number of rotatable bonds is 3. The molecule has 1 aromatic carbocycles. The number of hydrogen-bond acceptors (Lipinski definition) is 3. The summed E-state index contributed by atoms with van der Waals surface area (Å²) in [6.07, 6.45) is 0.323. The van der Waals surface area contributed by atoms with Crippen molar-refractivity contribution in [1.82, 2.24) is 0 Å². The molecule has 0 aliphatic carbocycles. The van der Waals surface area contributed by atoms with Crippen molar-refractivity contribution in [2.75, 3.05) is 0 Å². The summed E-state index contributed by atoms with van der Waals surface area (Å²) in [6, 6.07) is 8.32. The Balaban J connectivity index is 0.00000144. The second-order valence-corrected chi connectivity index (χ2v) is 2.62. The van der Waals surface area contributed by atoms with Crippen molar-refractivity contribution >= 4 is 5.97 Å². The first-order valence-corrected chi connectivity index (χ1v) is 3.70. The Kier molecular flexibility index (Phi) is 7.08. The third-order valence-corrected chi connectivity index (χ3v) is 1.60. The molecule has 0 bridgehead atoms. The summed E-state index contributed by atoms with van der Waals surface area (Å²) < 4.78 is 0. The molecule has 0 saturated heterocycles. The van der Waals surface area contributed by atoms with E-state index in [-0.39, 0.29) is 58.2 Å². The van der Waals surface area contributed by atoms with Gasteiger partial charge >= 0.3 is 58.2 Å². The molecule has 0 saturated carbocycles. The van der Waals surface area contributed by atoms with Crippen LogP contribution >= 0.6 is 0 Å². The molecule has 0 heterocycles. The molecular formula is C9H10NO2Rb. The largest absolute Gasteiger partial charge is 1.00 e. The van der Waals surface area contributed by atoms with Crippen LogP contribution < -0.4 is 69.0 Å². The van der Waals surface area contributed by atoms with Crippen LogP contribution in [0.25, 0.3) is 0 Å². The number of carbonyl (C=O) groups is 1. The van der Waals surface area contributed by atoms with Crippen LogP contribution in [0.15, 0.2) is 30.3 Å². The predicted molar refractivity (Wildman–Crippen MR) is 43.1 cm³/mol. The molecule has 13 heavy (non-hydrogen) atoms. The molecule has 2 N–H and O–H groups in total. The summed E-state index contributed by atoms with van der Waals surface area (Å²) >= 11 is 0. The number of aliphatic carboxylic acids is 1. The van der Waals surface area contributed by atoms with Crippen LogP contribution in [0, 0.1) is 0 Å². The van der Waals surface area contributed by atoms with E-state index in [1.807, 2.05) is 30.3 Å². The van der Waals surface area contributed by atoms with Gasteiger partial charge in [-0.3, -0.25) is 0 Å². The van der Waals surface area contributed by atoms with Crippen LogP contribution in [-0.4, -0.2) is 12.0 Å². The van der Waals surface area contributed by atoms with Crippen molar-refractivity contribution in [3.05, 3.63) is 35.9 Å². The zero-order valence-corrected chi connectivity index (χ0v) is 12.5. The van der Waals surface area contributed by atoms with E-state index in [1.54, 1.807) is 0 Å². The molecule has 1 rings (SSSR count). The average Bonchev–Trinajstić information content (AvgIpc) is 2.06. The standard InChI is InChI=1S/C9H11NO2.Rb/c10-8(9(11)12)6-7-4-2-1-3-5-7;/h1-5,8H,6,10H2,(H,11,12);/q;+1/p-1/t8-;/m0./s1. The van der Waals surface area contributed by atoms with Crippen molar-refractivity contribution in [3.8, 4) is 0 Å². The van der Waals surface area contributed by atoms with E-state index >= 15 is 0 Å². The van der Waals surface area contributed by atoms with Gasteiger partial charge in [0.05, 0.1) is 5.97 Å². The molecule has 0 unspecified atom stereocenters. The maximum Gasteiger partial charge on any atom is 1.00 e. The molecule has 0 aromatic heterocycles. The molecular weight excluding hydrogens is 240 g/mol. The maximum absolute atomic E-state index is 10.3. The fraction of sp³-hybridized carbons (Fsp3) is 0.222. The van der Waals surface area contributed by atoms with Gasteiger partial charge in [-0.25, -0.2) is 0 Å². The topological polar surface area (TPSA) is 66.2 Å². The van der Waals surface area contributed by atoms with Crippen LogP contribution in [0.1, 0.15) is 5.56 Å². The van der Waals surface area contributed by atoms with Gasteiger partial charge in [0.25, 0.3) is 0 Å². The van der Waals surface area contributed by atoms with Crippen molar-refractivity contribution in [2.45, 2.75) is 12.5 Å². The summed E-state index contributed by atoms with van der Waals surface area (Å²) in [5.41, 5.74) is 6.20. The van der Waals surface area contributed by atoms with Gasteiger partial charge in [0, 0.05) is 6.04 Å². The monoisotopic (exact) mass is 249 g/mol. The minimum atomic E-state index is -1.21. The summed E-state index contributed by atoms with van der Waals surface area (Å²) in [5, 5.41) is 10.3. The molecule has 0 amide bonds. The van der Waals surface area contributed by atoms with Gasteiger partial charge in [-0.2, -0.15) is 0 Å². The zero-order valence-electron chi connectivity index (χ0n) is 7.57. The summed E-state index contributed by atoms with van der Waals surface area (Å²) in [6.45, 7) is 0. The fourth-order valence-electron chi connectivity index (χ4n) is 0.951. The number of carbonyl (C=O) groups excluding carboxylic acids is 1. The molecule has 64 valence electrons. The van der Waals surface area contributed by atoms with Gasteiger partial charge in [-0.05, 0) is 12.0 Å². The number of carboxylic acids is 1. The molecule has 0 aliphatic rings. The first-order valence-electron chi connectivity index (χ1n) is 3.70. The number of nitrogens with two attached hydrogens (primary N) is 1. The van der Waals surface area contributed by atoms with E-state index in [0.717, 1.165) is 5.56 Å². The van der Waals surface area contributed by atoms with E-state index in [2.05, 4.69) is 0 Å². The fourth-order valence-corrected chi connectivity index (χ4v) is 0.951. The van der Waals surface area contributed by atoms with E-state index in [4.69, 9.17) is 5.73 Å². The summed E-state index contributed by atoms with van der Waals surface area (Å²) in [7, 11) is 0. The van der Waals surface area contributed by atoms with Gasteiger partial charge in [0.2, 0.25) is 0 Å². The van der Waals surface area contributed by atoms with E-state index < -0.39 is 12.0 Å². The van der Waals surface area contributed by atoms with Crippen LogP contribution in [0.3, 0.4) is 0 Å². The molecule has 4 heteroatoms. The van der Waals surface area contributed by atoms with E-state index in [1.165, 1.54) is 0 Å². The zero-order chi connectivity index (χ0) is 8.97. The summed E-state index contributed by atoms with van der Waals surface area (Å²) in [4.78, 5) is 10.3. The SMILES string of the molecule is N[C@@H](Cc1ccccc1)C(=O)[O-].[Rb+]. The molecule has 3 nitrogen and oxygen atoms in total. The smallest absolute Gasteiger partial charge is 0.548 e. The average molecular weight is 250 g/mol. The Bertz CT molecular complexity index is 264. The van der Waals surface area contributed by atoms with Crippen molar-refractivity contribution in [1.29, 1.82) is 0 Å². The number of hydrogen-bond donors (Lipinski definition) is 1. The molecule has 1 atom stereocenters. The Morgan fingerprint density at radius 2 is 1.92 bits per heavy atom. The van der Waals surface area contributed by atoms with E-state index in [9.17, 15) is 9.90 Å². The van der Waals surface area contributed by atoms with Crippen LogP contribution in [0.2, 0.25) is 0 Å². The minimum Gasteiger partial charge on any atom is -0.548 e. The first-order chi connectivity index (χ1) is 5.70. The normalized spacial score (nSPS) is 11.5. The van der Waals surface area contributed by atoms with Gasteiger partial charge in [0.1, 0.15) is 0 Å². The second-order valence-electron chi connectivity index (χ2n) is 2.62. The first kappa shape index (κ1) is 13.5. The van der Waals surface area contributed by atoms with Gasteiger partial charge in [0.15, 0.2) is 0 Å². The molecule has 0 fully saturated rings. The van der Waals surface area contributed by atoms with Gasteiger partial charge < -0.3 is 15.6 Å². The second kappa shape index (κ2) is 6.84. The van der Waals surface area contributed by atoms with Crippen LogP contribution in [0.5, 0.6) is 0 Å². The third-order valence-electron chi connectivity index (χ3n) is 1.60. The number of carboxylic acid groups (broad SMARTS) is 1. The van der Waals surface area contributed by atoms with Crippen molar-refractivity contribution in [2.24, 2.45) is 5.73 Å². The molecule has 0 aliphatic heterocycles.